The molecule has 2 aliphatic heterocycles. The number of nitrogens with zero attached hydrogens (tertiary/aromatic N) is 2. The Balaban J connectivity index is 1.57. The third kappa shape index (κ3) is 3.03. The highest BCUT2D eigenvalue weighted by atomic mass is 32.1. The normalized spacial score (nSPS) is 14.9. The molecule has 4 aromatic carbocycles. The molecule has 0 saturated heterocycles. The minimum absolute atomic E-state index is 0.699. The van der Waals surface area contributed by atoms with E-state index in [-0.39, 0.29) is 0 Å². The van der Waals surface area contributed by atoms with Crippen molar-refractivity contribution in [1.82, 2.24) is 0 Å². The van der Waals surface area contributed by atoms with Gasteiger partial charge < -0.3 is 0 Å². The van der Waals surface area contributed by atoms with Crippen molar-refractivity contribution in [3.63, 3.8) is 0 Å². The maximum Gasteiger partial charge on any atom is 0.119 e. The predicted octanol–water partition coefficient (Wildman–Crippen LogP) is 7.20. The van der Waals surface area contributed by atoms with E-state index in [1.807, 2.05) is 34.1 Å². The van der Waals surface area contributed by atoms with Gasteiger partial charge in [0.05, 0.1) is 0 Å². The van der Waals surface area contributed by atoms with Crippen molar-refractivity contribution in [2.24, 2.45) is 0 Å². The molecule has 0 amide bonds. The average Bonchev–Trinajstić information content (AvgIpc) is 2.81. The number of hydrogen-bond donors (Lipinski definition) is 0. The number of aryl methyl sites for hydroxylation is 2. The lowest BCUT2D eigenvalue weighted by Gasteiger charge is -2.36. The highest BCUT2D eigenvalue weighted by molar-refractivity contribution is 7.83. The molecule has 6 rings (SSSR count). The third-order valence-electron chi connectivity index (χ3n) is 6.41. The summed E-state index contributed by atoms with van der Waals surface area (Å²) in [6, 6.07) is 24.8. The van der Waals surface area contributed by atoms with Crippen molar-refractivity contribution in [3.05, 3.63) is 106 Å². The van der Waals surface area contributed by atoms with Crippen LogP contribution in [0.3, 0.4) is 0 Å². The summed E-state index contributed by atoms with van der Waals surface area (Å²) in [6.45, 7) is 4.14. The Morgan fingerprint density at radius 2 is 0.794 bits per heavy atom. The predicted molar refractivity (Wildman–Crippen MR) is 158 cm³/mol. The van der Waals surface area contributed by atoms with Crippen LogP contribution >= 0.6 is 48.9 Å². The lowest BCUT2D eigenvalue weighted by molar-refractivity contribution is 1.37. The molecule has 2 nitrogen and oxygen atoms in total. The van der Waals surface area contributed by atoms with Crippen molar-refractivity contribution in [2.45, 2.75) is 13.8 Å². The van der Waals surface area contributed by atoms with E-state index in [1.165, 1.54) is 0 Å². The van der Waals surface area contributed by atoms with E-state index in [0.717, 1.165) is 55.5 Å². The van der Waals surface area contributed by atoms with Crippen LogP contribution in [-0.2, 0) is 0 Å². The summed E-state index contributed by atoms with van der Waals surface area (Å²) in [7, 11) is 0. The molecular weight excluding hydrogens is 493 g/mol. The lowest BCUT2D eigenvalue weighted by atomic mass is 9.86. The Morgan fingerprint density at radius 1 is 0.471 bits per heavy atom. The molecule has 0 atom stereocenters. The Bertz CT molecular complexity index is 1430. The molecule has 164 valence electrons. The SMILES string of the molecule is Cc1cccc(N2C(=S)c3ccc4c5c(ccc(c35)C2=S)C(=S)N(c2cccc(C)c2)C4=S)c1. The molecule has 0 N–H and O–H groups in total. The van der Waals surface area contributed by atoms with Crippen LogP contribution in [0.25, 0.3) is 10.8 Å². The van der Waals surface area contributed by atoms with Crippen LogP contribution in [0.15, 0.2) is 72.8 Å². The van der Waals surface area contributed by atoms with E-state index in [2.05, 4.69) is 62.4 Å². The first-order valence-electron chi connectivity index (χ1n) is 10.9. The van der Waals surface area contributed by atoms with E-state index < -0.39 is 0 Å². The summed E-state index contributed by atoms with van der Waals surface area (Å²) in [5, 5.41) is 2.09. The molecular formula is C28H18N2S4. The molecule has 0 unspecified atom stereocenters. The Kier molecular flexibility index (Phi) is 4.97. The molecule has 0 spiro atoms. The number of benzene rings is 4. The van der Waals surface area contributed by atoms with Gasteiger partial charge >= 0.3 is 0 Å². The third-order valence-corrected chi connectivity index (χ3v) is 8.02. The maximum atomic E-state index is 5.99. The van der Waals surface area contributed by atoms with Gasteiger partial charge in [-0.3, -0.25) is 9.80 Å². The maximum absolute atomic E-state index is 5.99. The second-order valence-electron chi connectivity index (χ2n) is 8.64. The number of thiocarbonyl (C=S) groups is 4. The zero-order chi connectivity index (χ0) is 23.7. The van der Waals surface area contributed by atoms with E-state index in [1.54, 1.807) is 0 Å². The van der Waals surface area contributed by atoms with Gasteiger partial charge in [0.15, 0.2) is 0 Å². The monoisotopic (exact) mass is 510 g/mol. The Hall–Kier alpha value is -2.90. The van der Waals surface area contributed by atoms with Crippen LogP contribution in [0.4, 0.5) is 11.4 Å². The molecule has 0 saturated carbocycles. The molecule has 0 aliphatic carbocycles. The fourth-order valence-electron chi connectivity index (χ4n) is 4.88. The van der Waals surface area contributed by atoms with Gasteiger partial charge in [0.2, 0.25) is 0 Å². The molecule has 2 aliphatic rings. The topological polar surface area (TPSA) is 6.48 Å². The zero-order valence-electron chi connectivity index (χ0n) is 18.5. The highest BCUT2D eigenvalue weighted by Crippen LogP contribution is 2.41. The summed E-state index contributed by atoms with van der Waals surface area (Å²) >= 11 is 24.0. The van der Waals surface area contributed by atoms with Crippen LogP contribution in [0.1, 0.15) is 33.4 Å². The van der Waals surface area contributed by atoms with E-state index in [9.17, 15) is 0 Å². The molecule has 0 aromatic heterocycles. The van der Waals surface area contributed by atoms with Gasteiger partial charge in [-0.15, -0.1) is 0 Å². The van der Waals surface area contributed by atoms with E-state index in [4.69, 9.17) is 48.9 Å². The fourth-order valence-corrected chi connectivity index (χ4v) is 6.46. The van der Waals surface area contributed by atoms with E-state index in [0.29, 0.717) is 20.0 Å². The summed E-state index contributed by atoms with van der Waals surface area (Å²) in [6.07, 6.45) is 0. The molecule has 0 radical (unpaired) electrons. The molecule has 4 aromatic rings. The minimum atomic E-state index is 0.699. The summed E-state index contributed by atoms with van der Waals surface area (Å²) in [5.41, 5.74) is 8.20. The van der Waals surface area contributed by atoms with Gasteiger partial charge in [0.25, 0.3) is 0 Å². The Morgan fingerprint density at radius 3 is 1.09 bits per heavy atom. The first-order chi connectivity index (χ1) is 16.4. The second kappa shape index (κ2) is 7.82. The molecule has 2 heterocycles. The smallest absolute Gasteiger partial charge is 0.119 e. The van der Waals surface area contributed by atoms with Gasteiger partial charge in [-0.2, -0.15) is 0 Å². The van der Waals surface area contributed by atoms with Gasteiger partial charge in [0.1, 0.15) is 20.0 Å². The standard InChI is InChI=1S/C28H18N2S4/c1-15-5-3-7-17(13-15)29-25(31)19-9-11-21-24-22(12-10-20(23(19)24)26(29)32)28(34)30(27(21)33)18-8-4-6-16(2)14-18/h3-14H,1-2H3. The quantitative estimate of drug-likeness (QED) is 0.261. The highest BCUT2D eigenvalue weighted by Gasteiger charge is 2.35. The van der Waals surface area contributed by atoms with Crippen molar-refractivity contribution in [2.75, 3.05) is 9.80 Å². The van der Waals surface area contributed by atoms with Gasteiger partial charge in [-0.05, 0) is 49.2 Å². The lowest BCUT2D eigenvalue weighted by Crippen LogP contribution is -2.42. The van der Waals surface area contributed by atoms with Crippen LogP contribution in [-0.4, -0.2) is 20.0 Å². The van der Waals surface area contributed by atoms with Crippen molar-refractivity contribution in [3.8, 4) is 0 Å². The van der Waals surface area contributed by atoms with Gasteiger partial charge in [0, 0.05) is 44.4 Å². The van der Waals surface area contributed by atoms with Crippen molar-refractivity contribution >= 4 is 91.0 Å². The van der Waals surface area contributed by atoms with Crippen molar-refractivity contribution in [1.29, 1.82) is 0 Å². The van der Waals surface area contributed by atoms with Crippen molar-refractivity contribution < 1.29 is 0 Å². The molecule has 0 bridgehead atoms. The zero-order valence-corrected chi connectivity index (χ0v) is 21.7. The summed E-state index contributed by atoms with van der Waals surface area (Å²) in [5.74, 6) is 0. The molecule has 6 heteroatoms. The van der Waals surface area contributed by atoms with Crippen LogP contribution in [0, 0.1) is 13.8 Å². The first kappa shape index (κ1) is 21.6. The summed E-state index contributed by atoms with van der Waals surface area (Å²) in [4.78, 5) is 6.79. The van der Waals surface area contributed by atoms with Crippen LogP contribution in [0.5, 0.6) is 0 Å². The summed E-state index contributed by atoms with van der Waals surface area (Å²) < 4.78 is 0. The van der Waals surface area contributed by atoms with Gasteiger partial charge in [-0.25, -0.2) is 0 Å². The molecule has 0 fully saturated rings. The fraction of sp³-hybridized carbons (Fsp3) is 0.0714. The van der Waals surface area contributed by atoms with E-state index >= 15 is 0 Å². The molecule has 34 heavy (non-hydrogen) atoms. The van der Waals surface area contributed by atoms with Gasteiger partial charge in [-0.1, -0.05) is 97.4 Å². The van der Waals surface area contributed by atoms with Crippen LogP contribution in [0.2, 0.25) is 0 Å². The van der Waals surface area contributed by atoms with Crippen LogP contribution < -0.4 is 9.80 Å². The Labute approximate surface area is 219 Å². The largest absolute Gasteiger partial charge is 0.291 e. The number of anilines is 2. The second-order valence-corrected chi connectivity index (χ2v) is 10.2. The number of hydrogen-bond acceptors (Lipinski definition) is 4. The minimum Gasteiger partial charge on any atom is -0.291 e. The first-order valence-corrected chi connectivity index (χ1v) is 12.5. The number of rotatable bonds is 2. The average molecular weight is 511 g/mol.